The lowest BCUT2D eigenvalue weighted by molar-refractivity contribution is 0.186. The Labute approximate surface area is 116 Å². The van der Waals surface area contributed by atoms with E-state index in [1.807, 2.05) is 6.92 Å². The van der Waals surface area contributed by atoms with Crippen LogP contribution in [-0.2, 0) is 14.8 Å². The number of rotatable bonds is 4. The highest BCUT2D eigenvalue weighted by atomic mass is 79.9. The van der Waals surface area contributed by atoms with Gasteiger partial charge in [0.2, 0.25) is 10.0 Å². The van der Waals surface area contributed by atoms with Crippen molar-refractivity contribution in [1.29, 1.82) is 0 Å². The second-order valence-electron chi connectivity index (χ2n) is 4.49. The van der Waals surface area contributed by atoms with Gasteiger partial charge in [-0.1, -0.05) is 22.0 Å². The number of ether oxygens (including phenoxy) is 1. The first kappa shape index (κ1) is 14.0. The first-order valence-electron chi connectivity index (χ1n) is 5.82. The molecule has 1 heterocycles. The molecule has 0 spiro atoms. The van der Waals surface area contributed by atoms with Gasteiger partial charge in [-0.3, -0.25) is 0 Å². The van der Waals surface area contributed by atoms with Crippen LogP contribution in [-0.4, -0.2) is 28.2 Å². The number of benzene rings is 1. The van der Waals surface area contributed by atoms with Gasteiger partial charge in [0.15, 0.2) is 0 Å². The quantitative estimate of drug-likeness (QED) is 0.917. The predicted octanol–water partition coefficient (Wildman–Crippen LogP) is 2.07. The third-order valence-electron chi connectivity index (χ3n) is 3.04. The van der Waals surface area contributed by atoms with Gasteiger partial charge in [-0.05, 0) is 37.0 Å². The van der Waals surface area contributed by atoms with E-state index in [1.165, 1.54) is 0 Å². The third-order valence-corrected chi connectivity index (χ3v) is 5.32. The lowest BCUT2D eigenvalue weighted by Gasteiger charge is -2.11. The van der Waals surface area contributed by atoms with E-state index in [9.17, 15) is 8.42 Å². The van der Waals surface area contributed by atoms with Crippen molar-refractivity contribution in [2.75, 3.05) is 19.8 Å². The first-order valence-corrected chi connectivity index (χ1v) is 8.10. The molecule has 0 aliphatic carbocycles. The molecule has 0 amide bonds. The molecule has 1 atom stereocenters. The van der Waals surface area contributed by atoms with Gasteiger partial charge in [0.25, 0.3) is 0 Å². The van der Waals surface area contributed by atoms with E-state index < -0.39 is 10.0 Å². The normalized spacial score (nSPS) is 20.2. The summed E-state index contributed by atoms with van der Waals surface area (Å²) in [6, 6.07) is 5.04. The molecule has 1 N–H and O–H groups in total. The summed E-state index contributed by atoms with van der Waals surface area (Å²) in [7, 11) is -3.42. The van der Waals surface area contributed by atoms with Crippen LogP contribution in [0.25, 0.3) is 0 Å². The van der Waals surface area contributed by atoms with Crippen molar-refractivity contribution in [3.05, 3.63) is 28.2 Å². The van der Waals surface area contributed by atoms with Crippen LogP contribution in [0.1, 0.15) is 12.0 Å². The summed E-state index contributed by atoms with van der Waals surface area (Å²) in [6.45, 7) is 3.72. The topological polar surface area (TPSA) is 55.4 Å². The molecule has 6 heteroatoms. The van der Waals surface area contributed by atoms with Crippen molar-refractivity contribution in [2.45, 2.75) is 18.2 Å². The Morgan fingerprint density at radius 3 is 2.89 bits per heavy atom. The van der Waals surface area contributed by atoms with E-state index in [0.29, 0.717) is 18.0 Å². The summed E-state index contributed by atoms with van der Waals surface area (Å²) >= 11 is 3.34. The largest absolute Gasteiger partial charge is 0.381 e. The Morgan fingerprint density at radius 2 is 2.28 bits per heavy atom. The highest BCUT2D eigenvalue weighted by molar-refractivity contribution is 9.10. The molecule has 100 valence electrons. The highest BCUT2D eigenvalue weighted by Crippen LogP contribution is 2.21. The van der Waals surface area contributed by atoms with Gasteiger partial charge in [-0.25, -0.2) is 13.1 Å². The van der Waals surface area contributed by atoms with Crippen LogP contribution in [0.5, 0.6) is 0 Å². The monoisotopic (exact) mass is 333 g/mol. The fourth-order valence-electron chi connectivity index (χ4n) is 1.80. The van der Waals surface area contributed by atoms with Crippen molar-refractivity contribution in [3.63, 3.8) is 0 Å². The molecule has 0 radical (unpaired) electrons. The minimum absolute atomic E-state index is 0.286. The van der Waals surface area contributed by atoms with Gasteiger partial charge < -0.3 is 4.74 Å². The number of hydrogen-bond acceptors (Lipinski definition) is 3. The maximum atomic E-state index is 12.1. The van der Waals surface area contributed by atoms with Crippen LogP contribution in [0.3, 0.4) is 0 Å². The molecule has 2 rings (SSSR count). The maximum Gasteiger partial charge on any atom is 0.240 e. The van der Waals surface area contributed by atoms with Crippen LogP contribution in [0.2, 0.25) is 0 Å². The van der Waals surface area contributed by atoms with Crippen molar-refractivity contribution in [2.24, 2.45) is 5.92 Å². The van der Waals surface area contributed by atoms with Crippen LogP contribution in [0.15, 0.2) is 27.6 Å². The van der Waals surface area contributed by atoms with Crippen molar-refractivity contribution < 1.29 is 13.2 Å². The molecule has 1 aliphatic rings. The zero-order chi connectivity index (χ0) is 13.2. The number of aryl methyl sites for hydroxylation is 1. The van der Waals surface area contributed by atoms with Gasteiger partial charge in [0.05, 0.1) is 11.5 Å². The average molecular weight is 334 g/mol. The third kappa shape index (κ3) is 3.32. The minimum atomic E-state index is -3.42. The maximum absolute atomic E-state index is 12.1. The van der Waals surface area contributed by atoms with Gasteiger partial charge in [0.1, 0.15) is 0 Å². The van der Waals surface area contributed by atoms with Gasteiger partial charge in [-0.2, -0.15) is 0 Å². The minimum Gasteiger partial charge on any atom is -0.381 e. The summed E-state index contributed by atoms with van der Waals surface area (Å²) in [5, 5.41) is 0. The lowest BCUT2D eigenvalue weighted by atomic mass is 10.1. The summed E-state index contributed by atoms with van der Waals surface area (Å²) in [6.07, 6.45) is 0.917. The molecule has 0 aromatic heterocycles. The Kier molecular flexibility index (Phi) is 4.42. The Balaban J connectivity index is 2.07. The molecule has 1 saturated heterocycles. The molecule has 1 aliphatic heterocycles. The van der Waals surface area contributed by atoms with Crippen molar-refractivity contribution >= 4 is 26.0 Å². The van der Waals surface area contributed by atoms with E-state index in [1.54, 1.807) is 18.2 Å². The smallest absolute Gasteiger partial charge is 0.240 e. The summed E-state index contributed by atoms with van der Waals surface area (Å²) < 4.78 is 32.8. The van der Waals surface area contributed by atoms with Crippen LogP contribution >= 0.6 is 15.9 Å². The number of hydrogen-bond donors (Lipinski definition) is 1. The van der Waals surface area contributed by atoms with Gasteiger partial charge in [0, 0.05) is 17.6 Å². The molecule has 1 aromatic carbocycles. The second-order valence-corrected chi connectivity index (χ2v) is 7.11. The Morgan fingerprint density at radius 1 is 1.50 bits per heavy atom. The van der Waals surface area contributed by atoms with E-state index in [2.05, 4.69) is 20.7 Å². The fourth-order valence-corrected chi connectivity index (χ4v) is 3.47. The highest BCUT2D eigenvalue weighted by Gasteiger charge is 2.20. The predicted molar refractivity (Wildman–Crippen MR) is 73.0 cm³/mol. The van der Waals surface area contributed by atoms with Crippen LogP contribution in [0, 0.1) is 12.8 Å². The summed E-state index contributed by atoms with van der Waals surface area (Å²) in [5.41, 5.74) is 1.01. The van der Waals surface area contributed by atoms with E-state index >= 15 is 0 Å². The molecular formula is C12H16BrNO3S. The van der Waals surface area contributed by atoms with Crippen LogP contribution in [0.4, 0.5) is 0 Å². The number of halogens is 1. The first-order chi connectivity index (χ1) is 8.49. The summed E-state index contributed by atoms with van der Waals surface area (Å²) in [4.78, 5) is 0.291. The van der Waals surface area contributed by atoms with E-state index in [-0.39, 0.29) is 5.92 Å². The number of sulfonamides is 1. The molecule has 0 saturated carbocycles. The SMILES string of the molecule is Cc1ccc(S(=O)(=O)NC[C@H]2CCOC2)cc1Br. The Hall–Kier alpha value is -0.430. The average Bonchev–Trinajstić information content (AvgIpc) is 2.83. The molecule has 4 nitrogen and oxygen atoms in total. The summed E-state index contributed by atoms with van der Waals surface area (Å²) in [5.74, 6) is 0.286. The lowest BCUT2D eigenvalue weighted by Crippen LogP contribution is -2.29. The van der Waals surface area contributed by atoms with Crippen LogP contribution < -0.4 is 4.72 Å². The molecular weight excluding hydrogens is 318 g/mol. The van der Waals surface area contributed by atoms with Gasteiger partial charge >= 0.3 is 0 Å². The molecule has 18 heavy (non-hydrogen) atoms. The fraction of sp³-hybridized carbons (Fsp3) is 0.500. The standard InChI is InChI=1S/C12H16BrNO3S/c1-9-2-3-11(6-12(9)13)18(15,16)14-7-10-4-5-17-8-10/h2-3,6,10,14H,4-5,7-8H2,1H3/t10-/m1/s1. The van der Waals surface area contributed by atoms with Crippen molar-refractivity contribution in [3.8, 4) is 0 Å². The number of nitrogens with one attached hydrogen (secondary N) is 1. The van der Waals surface area contributed by atoms with Crippen molar-refractivity contribution in [1.82, 2.24) is 4.72 Å². The van der Waals surface area contributed by atoms with E-state index in [4.69, 9.17) is 4.74 Å². The molecule has 0 bridgehead atoms. The van der Waals surface area contributed by atoms with Gasteiger partial charge in [-0.15, -0.1) is 0 Å². The zero-order valence-electron chi connectivity index (χ0n) is 10.1. The zero-order valence-corrected chi connectivity index (χ0v) is 12.6. The van der Waals surface area contributed by atoms with E-state index in [0.717, 1.165) is 23.1 Å². The second kappa shape index (κ2) is 5.69. The Bertz CT molecular complexity index is 524. The molecule has 0 unspecified atom stereocenters. The molecule has 1 fully saturated rings. The molecule has 1 aromatic rings.